The van der Waals surface area contributed by atoms with E-state index in [1.165, 1.54) is 0 Å². The molecule has 0 bridgehead atoms. The van der Waals surface area contributed by atoms with E-state index in [1.807, 2.05) is 24.3 Å². The van der Waals surface area contributed by atoms with Gasteiger partial charge in [0, 0.05) is 39.3 Å². The van der Waals surface area contributed by atoms with Crippen LogP contribution in [0.3, 0.4) is 0 Å². The Kier molecular flexibility index (Phi) is 14.8. The van der Waals surface area contributed by atoms with Gasteiger partial charge in [-0.1, -0.05) is 26.0 Å². The number of benzene rings is 1. The van der Waals surface area contributed by atoms with Crippen molar-refractivity contribution in [2.75, 3.05) is 48.0 Å². The molecule has 0 heterocycles. The number of nitrogens with zero attached hydrogens (tertiary/aromatic N) is 2. The third-order valence-corrected chi connectivity index (χ3v) is 4.85. The average molecular weight is 546 g/mol. The molecule has 0 aromatic heterocycles. The summed E-state index contributed by atoms with van der Waals surface area (Å²) in [6, 6.07) is 4.17. The maximum absolute atomic E-state index is 5.43. The highest BCUT2D eigenvalue weighted by molar-refractivity contribution is 14.0. The molecule has 0 fully saturated rings. The molecular weight excluding hydrogens is 507 g/mol. The summed E-state index contributed by atoms with van der Waals surface area (Å²) in [6.07, 6.45) is 3.85. The minimum atomic E-state index is 0. The zero-order valence-corrected chi connectivity index (χ0v) is 22.1. The lowest BCUT2D eigenvalue weighted by Crippen LogP contribution is -2.49. The molecule has 1 unspecified atom stereocenters. The van der Waals surface area contributed by atoms with Crippen LogP contribution < -0.4 is 24.8 Å². The molecule has 0 aliphatic heterocycles. The Morgan fingerprint density at radius 3 is 1.97 bits per heavy atom. The standard InChI is InChI=1S/C23H38N4O3.HI/c1-9-11-27(12-10-2)19(17(3)4)16-26-23(24-5)25-15-18-13-20(28-6)22(30-8)21(14-18)29-7;/h9-10,13-14,17,19H,1-2,11-12,15-16H2,3-8H3,(H2,24,25,26);1H. The van der Waals surface area contributed by atoms with Gasteiger partial charge in [0.1, 0.15) is 0 Å². The van der Waals surface area contributed by atoms with Crippen LogP contribution in [-0.4, -0.2) is 64.9 Å². The predicted octanol–water partition coefficient (Wildman–Crippen LogP) is 3.69. The number of hydrogen-bond acceptors (Lipinski definition) is 5. The lowest BCUT2D eigenvalue weighted by Gasteiger charge is -2.33. The first kappa shape index (κ1) is 29.1. The van der Waals surface area contributed by atoms with Crippen LogP contribution >= 0.6 is 24.0 Å². The van der Waals surface area contributed by atoms with Crippen LogP contribution in [0.1, 0.15) is 19.4 Å². The van der Waals surface area contributed by atoms with Crippen molar-refractivity contribution in [2.45, 2.75) is 26.4 Å². The molecule has 0 spiro atoms. The van der Waals surface area contributed by atoms with Crippen LogP contribution in [0.15, 0.2) is 42.4 Å². The van der Waals surface area contributed by atoms with Gasteiger partial charge in [-0.25, -0.2) is 0 Å². The van der Waals surface area contributed by atoms with E-state index in [2.05, 4.69) is 47.5 Å². The second-order valence-electron chi connectivity index (χ2n) is 7.18. The second kappa shape index (κ2) is 15.8. The highest BCUT2D eigenvalue weighted by atomic mass is 127. The molecule has 176 valence electrons. The number of methoxy groups -OCH3 is 3. The van der Waals surface area contributed by atoms with Gasteiger partial charge in [0.25, 0.3) is 0 Å². The van der Waals surface area contributed by atoms with Crippen molar-refractivity contribution in [3.8, 4) is 17.2 Å². The number of rotatable bonds is 13. The van der Waals surface area contributed by atoms with Crippen LogP contribution in [0.5, 0.6) is 17.2 Å². The molecular formula is C23H39IN4O3. The topological polar surface area (TPSA) is 67.4 Å². The average Bonchev–Trinajstić information content (AvgIpc) is 2.75. The molecule has 31 heavy (non-hydrogen) atoms. The molecule has 7 nitrogen and oxygen atoms in total. The van der Waals surface area contributed by atoms with Crippen molar-refractivity contribution >= 4 is 29.9 Å². The smallest absolute Gasteiger partial charge is 0.203 e. The molecule has 0 amide bonds. The van der Waals surface area contributed by atoms with Crippen LogP contribution in [-0.2, 0) is 6.54 Å². The first-order valence-corrected chi connectivity index (χ1v) is 10.1. The third-order valence-electron chi connectivity index (χ3n) is 4.85. The second-order valence-corrected chi connectivity index (χ2v) is 7.18. The normalized spacial score (nSPS) is 12.1. The van der Waals surface area contributed by atoms with Crippen LogP contribution in [0, 0.1) is 5.92 Å². The largest absolute Gasteiger partial charge is 0.493 e. The summed E-state index contributed by atoms with van der Waals surface area (Å²) in [5, 5.41) is 6.79. The Bertz CT molecular complexity index is 675. The summed E-state index contributed by atoms with van der Waals surface area (Å²) in [4.78, 5) is 6.70. The summed E-state index contributed by atoms with van der Waals surface area (Å²) in [7, 11) is 6.58. The Morgan fingerprint density at radius 1 is 1.03 bits per heavy atom. The molecule has 8 heteroatoms. The van der Waals surface area contributed by atoms with E-state index in [9.17, 15) is 0 Å². The van der Waals surface area contributed by atoms with Crippen LogP contribution in [0.4, 0.5) is 0 Å². The molecule has 1 atom stereocenters. The monoisotopic (exact) mass is 546 g/mol. The third kappa shape index (κ3) is 8.98. The van der Waals surface area contributed by atoms with E-state index in [4.69, 9.17) is 14.2 Å². The Balaban J connectivity index is 0.00000900. The van der Waals surface area contributed by atoms with Crippen molar-refractivity contribution in [2.24, 2.45) is 10.9 Å². The van der Waals surface area contributed by atoms with Gasteiger partial charge in [0.15, 0.2) is 17.5 Å². The summed E-state index contributed by atoms with van der Waals surface area (Å²) in [6.45, 7) is 15.1. The fourth-order valence-electron chi connectivity index (χ4n) is 3.31. The Morgan fingerprint density at radius 2 is 1.58 bits per heavy atom. The van der Waals surface area contributed by atoms with E-state index in [-0.39, 0.29) is 24.0 Å². The molecule has 0 saturated heterocycles. The lowest BCUT2D eigenvalue weighted by molar-refractivity contribution is 0.190. The summed E-state index contributed by atoms with van der Waals surface area (Å²) < 4.78 is 16.2. The summed E-state index contributed by atoms with van der Waals surface area (Å²) in [5.41, 5.74) is 0.993. The van der Waals surface area contributed by atoms with Gasteiger partial charge in [-0.05, 0) is 23.6 Å². The number of aliphatic imine (C=N–C) groups is 1. The Labute approximate surface area is 204 Å². The first-order chi connectivity index (χ1) is 14.4. The zero-order valence-electron chi connectivity index (χ0n) is 19.7. The molecule has 1 aromatic carbocycles. The minimum Gasteiger partial charge on any atom is -0.493 e. The highest BCUT2D eigenvalue weighted by Crippen LogP contribution is 2.38. The fraction of sp³-hybridized carbons (Fsp3) is 0.522. The summed E-state index contributed by atoms with van der Waals surface area (Å²) >= 11 is 0. The van der Waals surface area contributed by atoms with Crippen LogP contribution in [0.2, 0.25) is 0 Å². The quantitative estimate of drug-likeness (QED) is 0.170. The molecule has 1 aromatic rings. The van der Waals surface area contributed by atoms with Gasteiger partial charge in [0.2, 0.25) is 5.75 Å². The molecule has 0 radical (unpaired) electrons. The van der Waals surface area contributed by atoms with E-state index < -0.39 is 0 Å². The lowest BCUT2D eigenvalue weighted by atomic mass is 10.0. The van der Waals surface area contributed by atoms with Crippen molar-refractivity contribution in [3.63, 3.8) is 0 Å². The van der Waals surface area contributed by atoms with Gasteiger partial charge >= 0.3 is 0 Å². The Hall–Kier alpha value is -1.94. The van der Waals surface area contributed by atoms with Crippen LogP contribution in [0.25, 0.3) is 0 Å². The highest BCUT2D eigenvalue weighted by Gasteiger charge is 2.20. The number of nitrogens with one attached hydrogen (secondary N) is 2. The molecule has 1 rings (SSSR count). The minimum absolute atomic E-state index is 0. The number of halogens is 1. The van der Waals surface area contributed by atoms with E-state index >= 15 is 0 Å². The molecule has 2 N–H and O–H groups in total. The van der Waals surface area contributed by atoms with E-state index in [0.29, 0.717) is 35.8 Å². The maximum Gasteiger partial charge on any atom is 0.203 e. The van der Waals surface area contributed by atoms with Crippen molar-refractivity contribution in [3.05, 3.63) is 43.0 Å². The van der Waals surface area contributed by atoms with E-state index in [1.54, 1.807) is 28.4 Å². The number of guanidine groups is 1. The number of hydrogen-bond donors (Lipinski definition) is 2. The molecule has 0 aliphatic rings. The predicted molar refractivity (Wildman–Crippen MR) is 140 cm³/mol. The summed E-state index contributed by atoms with van der Waals surface area (Å²) in [5.74, 6) is 3.02. The van der Waals surface area contributed by atoms with E-state index in [0.717, 1.165) is 31.2 Å². The maximum atomic E-state index is 5.43. The SMILES string of the molecule is C=CCN(CC=C)C(CNC(=NC)NCc1cc(OC)c(OC)c(OC)c1)C(C)C.I. The van der Waals surface area contributed by atoms with Gasteiger partial charge in [-0.3, -0.25) is 9.89 Å². The van der Waals surface area contributed by atoms with Crippen molar-refractivity contribution < 1.29 is 14.2 Å². The zero-order chi connectivity index (χ0) is 22.5. The fourth-order valence-corrected chi connectivity index (χ4v) is 3.31. The number of ether oxygens (including phenoxy) is 3. The van der Waals surface area contributed by atoms with Gasteiger partial charge in [-0.15, -0.1) is 37.1 Å². The van der Waals surface area contributed by atoms with Crippen molar-refractivity contribution in [1.82, 2.24) is 15.5 Å². The van der Waals surface area contributed by atoms with Crippen molar-refractivity contribution in [1.29, 1.82) is 0 Å². The van der Waals surface area contributed by atoms with Gasteiger partial charge < -0.3 is 24.8 Å². The first-order valence-electron chi connectivity index (χ1n) is 10.1. The molecule has 0 aliphatic carbocycles. The van der Waals surface area contributed by atoms with Gasteiger partial charge in [-0.2, -0.15) is 0 Å². The molecule has 0 saturated carbocycles. The van der Waals surface area contributed by atoms with Gasteiger partial charge in [0.05, 0.1) is 21.3 Å².